The number of anilines is 3. The summed E-state index contributed by atoms with van der Waals surface area (Å²) in [6.07, 6.45) is 1.85. The zero-order valence-electron chi connectivity index (χ0n) is 23.0. The van der Waals surface area contributed by atoms with E-state index in [0.29, 0.717) is 52.8 Å². The predicted molar refractivity (Wildman–Crippen MR) is 151 cm³/mol. The third-order valence-corrected chi connectivity index (χ3v) is 6.98. The Morgan fingerprint density at radius 1 is 1.02 bits per heavy atom. The molecule has 214 valence electrons. The van der Waals surface area contributed by atoms with Gasteiger partial charge in [0.1, 0.15) is 11.6 Å². The van der Waals surface area contributed by atoms with Gasteiger partial charge in [0.2, 0.25) is 0 Å². The minimum absolute atomic E-state index is 0.0402. The molecule has 0 bridgehead atoms. The van der Waals surface area contributed by atoms with E-state index in [2.05, 4.69) is 25.0 Å². The van der Waals surface area contributed by atoms with E-state index in [1.165, 1.54) is 20.4 Å². The maximum Gasteiger partial charge on any atom is 0.282 e. The van der Waals surface area contributed by atoms with Crippen LogP contribution in [0, 0.1) is 0 Å². The monoisotopic (exact) mass is 571 g/mol. The van der Waals surface area contributed by atoms with E-state index in [9.17, 15) is 13.5 Å². The molecule has 0 unspecified atom stereocenters. The number of methoxy groups -OCH3 is 2. The third-order valence-electron chi connectivity index (χ3n) is 5.77. The average Bonchev–Trinajstić information content (AvgIpc) is 3.29. The molecule has 4 aromatic rings. The minimum Gasteiger partial charge on any atom is -0.497 e. The SMILES string of the molecule is COc1cc(Nc2nc3ccccc3nc2NS(=O)(=O)c2cn(C)c(CN(C)C)n2)c(OCCCO)c(OC)c1. The normalized spacial score (nSPS) is 11.6. The molecule has 0 aliphatic rings. The quantitative estimate of drug-likeness (QED) is 0.203. The van der Waals surface area contributed by atoms with Crippen LogP contribution in [0.2, 0.25) is 0 Å². The summed E-state index contributed by atoms with van der Waals surface area (Å²) in [4.78, 5) is 15.4. The van der Waals surface area contributed by atoms with Crippen LogP contribution in [0.25, 0.3) is 11.0 Å². The maximum absolute atomic E-state index is 13.5. The highest BCUT2D eigenvalue weighted by Gasteiger charge is 2.24. The Hall–Kier alpha value is -4.14. The van der Waals surface area contributed by atoms with E-state index in [-0.39, 0.29) is 29.9 Å². The Bertz CT molecular complexity index is 1590. The van der Waals surface area contributed by atoms with E-state index in [4.69, 9.17) is 14.2 Å². The zero-order chi connectivity index (χ0) is 28.9. The summed E-state index contributed by atoms with van der Waals surface area (Å²) in [7, 11) is 4.35. The van der Waals surface area contributed by atoms with Gasteiger partial charge in [0.15, 0.2) is 28.2 Å². The number of rotatable bonds is 13. The van der Waals surface area contributed by atoms with Crippen LogP contribution in [0.4, 0.5) is 17.3 Å². The molecule has 2 aromatic heterocycles. The Balaban J connectivity index is 1.79. The molecule has 3 N–H and O–H groups in total. The van der Waals surface area contributed by atoms with Crippen LogP contribution >= 0.6 is 0 Å². The second kappa shape index (κ2) is 12.4. The molecule has 0 radical (unpaired) electrons. The lowest BCUT2D eigenvalue weighted by Gasteiger charge is -2.19. The molecule has 2 aromatic carbocycles. The van der Waals surface area contributed by atoms with Crippen molar-refractivity contribution in [2.45, 2.75) is 18.0 Å². The number of benzene rings is 2. The summed E-state index contributed by atoms with van der Waals surface area (Å²) >= 11 is 0. The van der Waals surface area contributed by atoms with Crippen LogP contribution in [0.15, 0.2) is 47.6 Å². The summed E-state index contributed by atoms with van der Waals surface area (Å²) in [6.45, 7) is 0.629. The van der Waals surface area contributed by atoms with E-state index in [1.54, 1.807) is 41.9 Å². The second-order valence-corrected chi connectivity index (χ2v) is 10.7. The molecule has 4 rings (SSSR count). The van der Waals surface area contributed by atoms with Gasteiger partial charge in [-0.15, -0.1) is 0 Å². The number of hydrogen-bond donors (Lipinski definition) is 3. The Morgan fingerprint density at radius 2 is 1.73 bits per heavy atom. The first-order valence-corrected chi connectivity index (χ1v) is 13.9. The standard InChI is InChI=1S/C26H33N7O6S/c1-32(2)15-22-30-23(16-33(22)3)40(35,36)31-26-25(27-18-9-6-7-10-19(18)28-26)29-20-13-17(37-4)14-21(38-5)24(20)39-12-8-11-34/h6-7,9-10,13-14,16,34H,8,11-12,15H2,1-5H3,(H,27,29)(H,28,31). The van der Waals surface area contributed by atoms with E-state index < -0.39 is 10.0 Å². The highest BCUT2D eigenvalue weighted by molar-refractivity contribution is 7.92. The minimum atomic E-state index is -4.14. The van der Waals surface area contributed by atoms with Gasteiger partial charge in [-0.25, -0.2) is 15.0 Å². The molecule has 2 heterocycles. The van der Waals surface area contributed by atoms with Crippen LogP contribution in [0.1, 0.15) is 12.2 Å². The van der Waals surface area contributed by atoms with Crippen molar-refractivity contribution in [3.05, 3.63) is 48.4 Å². The van der Waals surface area contributed by atoms with E-state index >= 15 is 0 Å². The van der Waals surface area contributed by atoms with E-state index in [1.807, 2.05) is 25.1 Å². The molecule has 0 saturated carbocycles. The molecule has 40 heavy (non-hydrogen) atoms. The molecule has 0 fully saturated rings. The highest BCUT2D eigenvalue weighted by Crippen LogP contribution is 2.42. The van der Waals surface area contributed by atoms with Crippen molar-refractivity contribution in [1.82, 2.24) is 24.4 Å². The van der Waals surface area contributed by atoms with Crippen molar-refractivity contribution in [2.75, 3.05) is 51.6 Å². The Kier molecular flexibility index (Phi) is 8.92. The van der Waals surface area contributed by atoms with Crippen molar-refractivity contribution in [1.29, 1.82) is 0 Å². The molecule has 0 saturated heterocycles. The van der Waals surface area contributed by atoms with Gasteiger partial charge in [-0.1, -0.05) is 12.1 Å². The number of hydrogen-bond acceptors (Lipinski definition) is 11. The van der Waals surface area contributed by atoms with Crippen LogP contribution in [-0.4, -0.2) is 79.5 Å². The molecule has 14 heteroatoms. The lowest BCUT2D eigenvalue weighted by Crippen LogP contribution is -2.17. The van der Waals surface area contributed by atoms with Gasteiger partial charge in [0.25, 0.3) is 10.0 Å². The van der Waals surface area contributed by atoms with Crippen LogP contribution in [0.5, 0.6) is 17.2 Å². The lowest BCUT2D eigenvalue weighted by atomic mass is 10.2. The van der Waals surface area contributed by atoms with Crippen molar-refractivity contribution >= 4 is 38.4 Å². The molecule has 0 amide bonds. The van der Waals surface area contributed by atoms with Gasteiger partial charge in [-0.3, -0.25) is 4.72 Å². The fourth-order valence-corrected chi connectivity index (χ4v) is 4.85. The topological polar surface area (TPSA) is 153 Å². The number of para-hydroxylation sites is 2. The number of imidazole rings is 1. The molecule has 0 aliphatic heterocycles. The Labute approximate surface area is 232 Å². The molecule has 0 aliphatic carbocycles. The highest BCUT2D eigenvalue weighted by atomic mass is 32.2. The summed E-state index contributed by atoms with van der Waals surface area (Å²) in [5.41, 5.74) is 1.42. The van der Waals surface area contributed by atoms with Crippen molar-refractivity contribution in [3.63, 3.8) is 0 Å². The third kappa shape index (κ3) is 6.52. The first-order chi connectivity index (χ1) is 19.1. The number of nitrogens with zero attached hydrogens (tertiary/aromatic N) is 5. The van der Waals surface area contributed by atoms with Crippen molar-refractivity contribution in [3.8, 4) is 17.2 Å². The smallest absolute Gasteiger partial charge is 0.282 e. The summed E-state index contributed by atoms with van der Waals surface area (Å²) in [5.74, 6) is 1.83. The van der Waals surface area contributed by atoms with Crippen molar-refractivity contribution < 1.29 is 27.7 Å². The number of aliphatic hydroxyl groups excluding tert-OH is 1. The number of aromatic nitrogens is 4. The first-order valence-electron chi connectivity index (χ1n) is 12.4. The summed E-state index contributed by atoms with van der Waals surface area (Å²) in [6, 6.07) is 10.4. The average molecular weight is 572 g/mol. The van der Waals surface area contributed by atoms with Gasteiger partial charge < -0.3 is 34.1 Å². The second-order valence-electron chi connectivity index (χ2n) is 9.12. The lowest BCUT2D eigenvalue weighted by molar-refractivity contribution is 0.228. The number of fused-ring (bicyclic) bond motifs is 1. The molecule has 0 atom stereocenters. The van der Waals surface area contributed by atoms with Gasteiger partial charge in [0.05, 0.1) is 44.1 Å². The first kappa shape index (κ1) is 28.9. The predicted octanol–water partition coefficient (Wildman–Crippen LogP) is 2.75. The number of sulfonamides is 1. The van der Waals surface area contributed by atoms with Crippen LogP contribution < -0.4 is 24.2 Å². The number of aliphatic hydroxyl groups is 1. The van der Waals surface area contributed by atoms with Crippen LogP contribution in [-0.2, 0) is 23.6 Å². The number of nitrogens with one attached hydrogen (secondary N) is 2. The van der Waals surface area contributed by atoms with Gasteiger partial charge in [-0.2, -0.15) is 8.42 Å². The number of ether oxygens (including phenoxy) is 3. The van der Waals surface area contributed by atoms with Gasteiger partial charge >= 0.3 is 0 Å². The van der Waals surface area contributed by atoms with Gasteiger partial charge in [0, 0.05) is 38.4 Å². The van der Waals surface area contributed by atoms with Crippen LogP contribution in [0.3, 0.4) is 0 Å². The summed E-state index contributed by atoms with van der Waals surface area (Å²) in [5, 5.41) is 12.2. The van der Waals surface area contributed by atoms with Crippen molar-refractivity contribution in [2.24, 2.45) is 7.05 Å². The fourth-order valence-electron chi connectivity index (χ4n) is 3.83. The fraction of sp³-hybridized carbons (Fsp3) is 0.346. The summed E-state index contributed by atoms with van der Waals surface area (Å²) < 4.78 is 48.0. The molecular formula is C26H33N7O6S. The molecule has 0 spiro atoms. The number of aryl methyl sites for hydroxylation is 1. The van der Waals surface area contributed by atoms with Gasteiger partial charge in [-0.05, 0) is 26.2 Å². The molecule has 13 nitrogen and oxygen atoms in total. The largest absolute Gasteiger partial charge is 0.497 e. The molecular weight excluding hydrogens is 538 g/mol. The maximum atomic E-state index is 13.5. The zero-order valence-corrected chi connectivity index (χ0v) is 23.8. The van der Waals surface area contributed by atoms with E-state index in [0.717, 1.165) is 0 Å². The Morgan fingerprint density at radius 3 is 2.35 bits per heavy atom.